The molecule has 5 nitrogen and oxygen atoms in total. The van der Waals surface area contributed by atoms with Crippen molar-refractivity contribution in [1.29, 1.82) is 0 Å². The van der Waals surface area contributed by atoms with Crippen molar-refractivity contribution in [3.8, 4) is 55.6 Å². The molecule has 210 valence electrons. The van der Waals surface area contributed by atoms with Crippen molar-refractivity contribution >= 4 is 38.0 Å². The third kappa shape index (κ3) is 4.82. The van der Waals surface area contributed by atoms with Crippen molar-refractivity contribution in [2.24, 2.45) is 0 Å². The molecule has 45 heavy (non-hydrogen) atoms. The van der Waals surface area contributed by atoms with Crippen molar-refractivity contribution in [2.75, 3.05) is 0 Å². The van der Waals surface area contributed by atoms with E-state index >= 15 is 0 Å². The highest BCUT2D eigenvalue weighted by atomic mass is 32.1. The molecule has 8 rings (SSSR count). The highest BCUT2D eigenvalue weighted by Gasteiger charge is 2.21. The lowest BCUT2D eigenvalue weighted by molar-refractivity contribution is 1.22. The Labute approximate surface area is 264 Å². The van der Waals surface area contributed by atoms with Crippen LogP contribution in [0.3, 0.4) is 0 Å². The van der Waals surface area contributed by atoms with E-state index in [-0.39, 0.29) is 0 Å². The molecule has 8 aromatic rings. The lowest BCUT2D eigenvalue weighted by Gasteiger charge is -2.10. The summed E-state index contributed by atoms with van der Waals surface area (Å²) in [5, 5.41) is 1.97. The van der Waals surface area contributed by atoms with Gasteiger partial charge in [0, 0.05) is 32.7 Å². The number of thiophene rings is 1. The molecule has 0 aliphatic heterocycles. The zero-order chi connectivity index (χ0) is 30.2. The maximum Gasteiger partial charge on any atom is 0.215 e. The molecular formula is C39H23N5S. The molecule has 0 atom stereocenters. The van der Waals surface area contributed by atoms with E-state index in [0.717, 1.165) is 76.6 Å². The standard InChI is InChI=1S/C39H23N5S/c1-40-37-35-36(26-11-3-2-4-12-26)44-30-14-6-5-13-29(30)39(35)45-38(37)27-19-17-25(18-20-27)28-23-33(31-15-7-9-21-41-31)43-34(24-28)32-16-8-10-22-42-32/h2-24H. The van der Waals surface area contributed by atoms with Gasteiger partial charge < -0.3 is 0 Å². The molecule has 0 aliphatic rings. The van der Waals surface area contributed by atoms with E-state index in [1.54, 1.807) is 23.7 Å². The first kappa shape index (κ1) is 26.6. The van der Waals surface area contributed by atoms with Gasteiger partial charge in [0.25, 0.3) is 0 Å². The number of rotatable bonds is 5. The first-order chi connectivity index (χ1) is 22.3. The van der Waals surface area contributed by atoms with E-state index in [1.807, 2.05) is 72.8 Å². The topological polar surface area (TPSA) is 55.9 Å². The Bertz CT molecular complexity index is 2300. The Balaban J connectivity index is 1.27. The minimum Gasteiger partial charge on any atom is -0.255 e. The van der Waals surface area contributed by atoms with Crippen molar-refractivity contribution in [3.05, 3.63) is 151 Å². The fourth-order valence-electron chi connectivity index (χ4n) is 5.68. The van der Waals surface area contributed by atoms with Crippen molar-refractivity contribution in [1.82, 2.24) is 19.9 Å². The Morgan fingerprint density at radius 2 is 1.16 bits per heavy atom. The van der Waals surface area contributed by atoms with Crippen LogP contribution in [0.15, 0.2) is 140 Å². The molecule has 0 bridgehead atoms. The van der Waals surface area contributed by atoms with E-state index in [9.17, 15) is 0 Å². The molecule has 0 unspecified atom stereocenters. The lowest BCUT2D eigenvalue weighted by atomic mass is 10.00. The molecule has 0 amide bonds. The summed E-state index contributed by atoms with van der Waals surface area (Å²) in [6.07, 6.45) is 3.56. The second-order valence-electron chi connectivity index (χ2n) is 10.6. The SMILES string of the molecule is [C-]#[N+]c1c(-c2ccc(-c3cc(-c4ccccn4)nc(-c4ccccn4)c3)cc2)sc2c1c(-c1ccccc1)nc1ccccc12. The van der Waals surface area contributed by atoms with Crippen LogP contribution in [0.1, 0.15) is 0 Å². The van der Waals surface area contributed by atoms with Gasteiger partial charge in [-0.25, -0.2) is 14.8 Å². The van der Waals surface area contributed by atoms with E-state index in [2.05, 4.69) is 69.4 Å². The fraction of sp³-hybridized carbons (Fsp3) is 0. The van der Waals surface area contributed by atoms with E-state index in [4.69, 9.17) is 16.5 Å². The Hall–Kier alpha value is -6.03. The van der Waals surface area contributed by atoms with Gasteiger partial charge in [0.15, 0.2) is 0 Å². The average molecular weight is 594 g/mol. The van der Waals surface area contributed by atoms with Crippen molar-refractivity contribution in [3.63, 3.8) is 0 Å². The largest absolute Gasteiger partial charge is 0.255 e. The number of fused-ring (bicyclic) bond motifs is 3. The third-order valence-electron chi connectivity index (χ3n) is 7.82. The maximum absolute atomic E-state index is 8.27. The lowest BCUT2D eigenvalue weighted by Crippen LogP contribution is -1.93. The smallest absolute Gasteiger partial charge is 0.215 e. The van der Waals surface area contributed by atoms with Crippen LogP contribution in [0, 0.1) is 6.57 Å². The maximum atomic E-state index is 8.27. The Morgan fingerprint density at radius 3 is 1.80 bits per heavy atom. The van der Waals surface area contributed by atoms with E-state index in [1.165, 1.54) is 0 Å². The van der Waals surface area contributed by atoms with Crippen LogP contribution in [0.5, 0.6) is 0 Å². The third-order valence-corrected chi connectivity index (χ3v) is 9.08. The predicted octanol–water partition coefficient (Wildman–Crippen LogP) is 10.5. The zero-order valence-electron chi connectivity index (χ0n) is 23.9. The Morgan fingerprint density at radius 1 is 0.533 bits per heavy atom. The molecule has 6 heteroatoms. The van der Waals surface area contributed by atoms with Gasteiger partial charge in [-0.15, -0.1) is 11.3 Å². The summed E-state index contributed by atoms with van der Waals surface area (Å²) in [4.78, 5) is 24.1. The van der Waals surface area contributed by atoms with Crippen molar-refractivity contribution in [2.45, 2.75) is 0 Å². The number of pyridine rings is 4. The van der Waals surface area contributed by atoms with Crippen LogP contribution in [0.2, 0.25) is 0 Å². The van der Waals surface area contributed by atoms with Gasteiger partial charge >= 0.3 is 0 Å². The van der Waals surface area contributed by atoms with Gasteiger partial charge in [0.1, 0.15) is 0 Å². The van der Waals surface area contributed by atoms with Crippen LogP contribution in [0.25, 0.3) is 81.4 Å². The molecule has 0 spiro atoms. The minimum atomic E-state index is 0.638. The second kappa shape index (κ2) is 11.2. The molecule has 3 aromatic carbocycles. The molecule has 0 N–H and O–H groups in total. The normalized spacial score (nSPS) is 11.1. The van der Waals surface area contributed by atoms with Gasteiger partial charge in [-0.1, -0.05) is 84.9 Å². The molecule has 0 fully saturated rings. The second-order valence-corrected chi connectivity index (χ2v) is 11.6. The fourth-order valence-corrected chi connectivity index (χ4v) is 6.96. The first-order valence-corrected chi connectivity index (χ1v) is 15.3. The molecule has 0 saturated heterocycles. The summed E-state index contributed by atoms with van der Waals surface area (Å²) in [5.41, 5.74) is 9.63. The van der Waals surface area contributed by atoms with Gasteiger partial charge in [-0.05, 0) is 64.7 Å². The summed E-state index contributed by atoms with van der Waals surface area (Å²) >= 11 is 1.66. The summed E-state index contributed by atoms with van der Waals surface area (Å²) < 4.78 is 1.08. The number of nitrogens with zero attached hydrogens (tertiary/aromatic N) is 5. The minimum absolute atomic E-state index is 0.638. The quantitative estimate of drug-likeness (QED) is 0.186. The summed E-state index contributed by atoms with van der Waals surface area (Å²) in [6, 6.07) is 42.6. The van der Waals surface area contributed by atoms with Crippen LogP contribution in [0.4, 0.5) is 5.69 Å². The summed E-state index contributed by atoms with van der Waals surface area (Å²) in [6.45, 7) is 8.27. The number of hydrogen-bond donors (Lipinski definition) is 0. The van der Waals surface area contributed by atoms with Crippen LogP contribution in [-0.2, 0) is 0 Å². The van der Waals surface area contributed by atoms with Gasteiger partial charge in [0.2, 0.25) is 5.69 Å². The first-order valence-electron chi connectivity index (χ1n) is 14.5. The number of para-hydroxylation sites is 1. The Kier molecular flexibility index (Phi) is 6.64. The zero-order valence-corrected chi connectivity index (χ0v) is 24.7. The van der Waals surface area contributed by atoms with E-state index in [0.29, 0.717) is 5.69 Å². The van der Waals surface area contributed by atoms with Crippen LogP contribution in [-0.4, -0.2) is 19.9 Å². The van der Waals surface area contributed by atoms with Gasteiger partial charge in [-0.2, -0.15) is 0 Å². The molecule has 5 heterocycles. The molecule has 0 aliphatic carbocycles. The highest BCUT2D eigenvalue weighted by molar-refractivity contribution is 7.24. The molecule has 0 radical (unpaired) electrons. The molecule has 0 saturated carbocycles. The predicted molar refractivity (Wildman–Crippen MR) is 184 cm³/mol. The van der Waals surface area contributed by atoms with Gasteiger partial charge in [0.05, 0.1) is 40.6 Å². The van der Waals surface area contributed by atoms with Crippen molar-refractivity contribution < 1.29 is 0 Å². The monoisotopic (exact) mass is 593 g/mol. The number of hydrogen-bond acceptors (Lipinski definition) is 5. The van der Waals surface area contributed by atoms with Gasteiger partial charge in [-0.3, -0.25) is 9.97 Å². The molecular weight excluding hydrogens is 571 g/mol. The van der Waals surface area contributed by atoms with E-state index < -0.39 is 0 Å². The molecule has 5 aromatic heterocycles. The highest BCUT2D eigenvalue weighted by Crippen LogP contribution is 2.50. The van der Waals surface area contributed by atoms with Crippen LogP contribution < -0.4 is 0 Å². The van der Waals surface area contributed by atoms with Crippen LogP contribution >= 0.6 is 11.3 Å². The summed E-state index contributed by atoms with van der Waals surface area (Å²) in [7, 11) is 0. The summed E-state index contributed by atoms with van der Waals surface area (Å²) in [5.74, 6) is 0. The number of aromatic nitrogens is 4. The number of benzene rings is 3. The average Bonchev–Trinajstić information content (AvgIpc) is 3.52.